The zero-order chi connectivity index (χ0) is 12.1. The van der Waals surface area contributed by atoms with Crippen molar-refractivity contribution in [2.45, 2.75) is 46.6 Å². The van der Waals surface area contributed by atoms with Crippen LogP contribution in [0.4, 0.5) is 0 Å². The minimum atomic E-state index is -0.120. The van der Waals surface area contributed by atoms with Crippen molar-refractivity contribution in [1.29, 1.82) is 0 Å². The summed E-state index contributed by atoms with van der Waals surface area (Å²) in [5.74, 6) is 0. The van der Waals surface area contributed by atoms with Gasteiger partial charge in [0.2, 0.25) is 0 Å². The maximum absolute atomic E-state index is 5.71. The Labute approximate surface area is 94.7 Å². The molecule has 0 saturated heterocycles. The lowest BCUT2D eigenvalue weighted by Crippen LogP contribution is -2.32. The summed E-state index contributed by atoms with van der Waals surface area (Å²) in [6.45, 7) is 11.8. The molecule has 0 aliphatic rings. The minimum Gasteiger partial charge on any atom is -0.349 e. The Kier molecular flexibility index (Phi) is 5.78. The van der Waals surface area contributed by atoms with Crippen molar-refractivity contribution in [3.05, 3.63) is 0 Å². The molecule has 15 heavy (non-hydrogen) atoms. The van der Waals surface area contributed by atoms with Crippen LogP contribution in [0.5, 0.6) is 0 Å². The topological polar surface area (TPSA) is 21.7 Å². The highest BCUT2D eigenvalue weighted by molar-refractivity contribution is 4.76. The van der Waals surface area contributed by atoms with Crippen LogP contribution in [-0.2, 0) is 9.47 Å². The predicted molar refractivity (Wildman–Crippen MR) is 63.7 cm³/mol. The molecule has 0 spiro atoms. The molecule has 3 nitrogen and oxygen atoms in total. The second-order valence-electron chi connectivity index (χ2n) is 6.17. The molecule has 0 saturated carbocycles. The first-order valence-corrected chi connectivity index (χ1v) is 5.49. The Morgan fingerprint density at radius 3 is 1.93 bits per heavy atom. The number of hydrogen-bond donors (Lipinski definition) is 0. The molecule has 0 aliphatic heterocycles. The Morgan fingerprint density at radius 2 is 1.53 bits per heavy atom. The van der Waals surface area contributed by atoms with Crippen LogP contribution < -0.4 is 0 Å². The summed E-state index contributed by atoms with van der Waals surface area (Å²) < 4.78 is 11.1. The van der Waals surface area contributed by atoms with Gasteiger partial charge in [-0.2, -0.15) is 0 Å². The van der Waals surface area contributed by atoms with Crippen molar-refractivity contribution < 1.29 is 9.47 Å². The van der Waals surface area contributed by atoms with Crippen molar-refractivity contribution in [2.75, 3.05) is 27.6 Å². The SMILES string of the molecule is CN(C)COCOC(C)(C)CC(C)(C)C. The average molecular weight is 217 g/mol. The van der Waals surface area contributed by atoms with Gasteiger partial charge in [-0.15, -0.1) is 0 Å². The third kappa shape index (κ3) is 10.2. The summed E-state index contributed by atoms with van der Waals surface area (Å²) in [7, 11) is 3.95. The van der Waals surface area contributed by atoms with Gasteiger partial charge in [0.15, 0.2) is 0 Å². The standard InChI is InChI=1S/C12H27NO2/c1-11(2,3)8-12(4,5)15-10-14-9-13(6)7/h8-10H2,1-7H3. The fraction of sp³-hybridized carbons (Fsp3) is 1.00. The van der Waals surface area contributed by atoms with E-state index in [2.05, 4.69) is 34.6 Å². The molecule has 0 heterocycles. The Balaban J connectivity index is 3.74. The second kappa shape index (κ2) is 5.83. The normalized spacial score (nSPS) is 13.6. The van der Waals surface area contributed by atoms with E-state index in [0.29, 0.717) is 13.5 Å². The van der Waals surface area contributed by atoms with Gasteiger partial charge in [-0.25, -0.2) is 0 Å². The van der Waals surface area contributed by atoms with Gasteiger partial charge in [-0.1, -0.05) is 20.8 Å². The molecule has 0 unspecified atom stereocenters. The van der Waals surface area contributed by atoms with Crippen molar-refractivity contribution in [1.82, 2.24) is 4.90 Å². The van der Waals surface area contributed by atoms with Crippen LogP contribution in [0.25, 0.3) is 0 Å². The molecule has 3 heteroatoms. The Morgan fingerprint density at radius 1 is 1.00 bits per heavy atom. The van der Waals surface area contributed by atoms with Gasteiger partial charge in [0, 0.05) is 0 Å². The smallest absolute Gasteiger partial charge is 0.149 e. The summed E-state index contributed by atoms with van der Waals surface area (Å²) >= 11 is 0. The first-order chi connectivity index (χ1) is 6.62. The quantitative estimate of drug-likeness (QED) is 0.504. The first-order valence-electron chi connectivity index (χ1n) is 5.49. The largest absolute Gasteiger partial charge is 0.349 e. The molecule has 0 radical (unpaired) electrons. The Bertz CT molecular complexity index is 171. The monoisotopic (exact) mass is 217 g/mol. The summed E-state index contributed by atoms with van der Waals surface area (Å²) in [6.07, 6.45) is 1.02. The van der Waals surface area contributed by atoms with Crippen LogP contribution in [0.1, 0.15) is 41.0 Å². The molecule has 0 rings (SSSR count). The van der Waals surface area contributed by atoms with E-state index in [4.69, 9.17) is 9.47 Å². The lowest BCUT2D eigenvalue weighted by atomic mass is 9.84. The molecule has 0 aromatic rings. The van der Waals surface area contributed by atoms with Crippen LogP contribution >= 0.6 is 0 Å². The van der Waals surface area contributed by atoms with Crippen molar-refractivity contribution in [3.8, 4) is 0 Å². The fourth-order valence-electron chi connectivity index (χ4n) is 1.75. The maximum Gasteiger partial charge on any atom is 0.149 e. The average Bonchev–Trinajstić information content (AvgIpc) is 1.93. The molecule has 0 fully saturated rings. The van der Waals surface area contributed by atoms with Crippen molar-refractivity contribution in [3.63, 3.8) is 0 Å². The Hall–Kier alpha value is -0.120. The van der Waals surface area contributed by atoms with Gasteiger partial charge >= 0.3 is 0 Å². The van der Waals surface area contributed by atoms with Gasteiger partial charge in [-0.3, -0.25) is 4.90 Å². The summed E-state index contributed by atoms with van der Waals surface area (Å²) in [6, 6.07) is 0. The first kappa shape index (κ1) is 14.9. The highest BCUT2D eigenvalue weighted by atomic mass is 16.7. The van der Waals surface area contributed by atoms with Gasteiger partial charge in [0.1, 0.15) is 13.5 Å². The third-order valence-electron chi connectivity index (χ3n) is 1.84. The van der Waals surface area contributed by atoms with Gasteiger partial charge in [-0.05, 0) is 39.8 Å². The van der Waals surface area contributed by atoms with Crippen LogP contribution in [-0.4, -0.2) is 38.1 Å². The number of hydrogen-bond acceptors (Lipinski definition) is 3. The summed E-state index contributed by atoms with van der Waals surface area (Å²) in [5, 5.41) is 0. The molecule has 0 amide bonds. The zero-order valence-corrected chi connectivity index (χ0v) is 11.4. The van der Waals surface area contributed by atoms with Crippen LogP contribution in [0.15, 0.2) is 0 Å². The highest BCUT2D eigenvalue weighted by Crippen LogP contribution is 2.29. The van der Waals surface area contributed by atoms with E-state index < -0.39 is 0 Å². The highest BCUT2D eigenvalue weighted by Gasteiger charge is 2.25. The van der Waals surface area contributed by atoms with Gasteiger partial charge < -0.3 is 9.47 Å². The summed E-state index contributed by atoms with van der Waals surface area (Å²) in [4.78, 5) is 1.97. The van der Waals surface area contributed by atoms with Crippen LogP contribution in [0.3, 0.4) is 0 Å². The summed E-state index contributed by atoms with van der Waals surface area (Å²) in [5.41, 5.74) is 0.162. The molecular formula is C12H27NO2. The zero-order valence-electron chi connectivity index (χ0n) is 11.4. The predicted octanol–water partition coefficient (Wildman–Crippen LogP) is 2.71. The molecule has 0 N–H and O–H groups in total. The molecule has 0 atom stereocenters. The van der Waals surface area contributed by atoms with E-state index in [-0.39, 0.29) is 11.0 Å². The van der Waals surface area contributed by atoms with E-state index in [0.717, 1.165) is 6.42 Å². The molecule has 92 valence electrons. The van der Waals surface area contributed by atoms with Crippen LogP contribution in [0, 0.1) is 5.41 Å². The third-order valence-corrected chi connectivity index (χ3v) is 1.84. The fourth-order valence-corrected chi connectivity index (χ4v) is 1.75. The molecule has 0 aliphatic carbocycles. The van der Waals surface area contributed by atoms with Gasteiger partial charge in [0.05, 0.1) is 5.60 Å². The number of ether oxygens (including phenoxy) is 2. The molecular weight excluding hydrogens is 190 g/mol. The molecule has 0 aromatic heterocycles. The number of nitrogens with zero attached hydrogens (tertiary/aromatic N) is 1. The van der Waals surface area contributed by atoms with E-state index in [1.807, 2.05) is 19.0 Å². The molecule has 0 aromatic carbocycles. The lowest BCUT2D eigenvalue weighted by Gasteiger charge is -2.32. The van der Waals surface area contributed by atoms with E-state index in [1.165, 1.54) is 0 Å². The maximum atomic E-state index is 5.71. The van der Waals surface area contributed by atoms with E-state index in [9.17, 15) is 0 Å². The van der Waals surface area contributed by atoms with Gasteiger partial charge in [0.25, 0.3) is 0 Å². The van der Waals surface area contributed by atoms with Crippen molar-refractivity contribution >= 4 is 0 Å². The van der Waals surface area contributed by atoms with E-state index in [1.54, 1.807) is 0 Å². The second-order valence-corrected chi connectivity index (χ2v) is 6.17. The minimum absolute atomic E-state index is 0.120. The van der Waals surface area contributed by atoms with Crippen molar-refractivity contribution in [2.24, 2.45) is 5.41 Å². The molecule has 0 bridgehead atoms. The van der Waals surface area contributed by atoms with Crippen LogP contribution in [0.2, 0.25) is 0 Å². The van der Waals surface area contributed by atoms with E-state index >= 15 is 0 Å². The number of rotatable bonds is 6. The lowest BCUT2D eigenvalue weighted by molar-refractivity contribution is -0.152.